The van der Waals surface area contributed by atoms with Crippen LogP contribution in [0.25, 0.3) is 10.2 Å². The summed E-state index contributed by atoms with van der Waals surface area (Å²) in [7, 11) is 0. The summed E-state index contributed by atoms with van der Waals surface area (Å²) in [5, 5.41) is 0.949. The Hall–Kier alpha value is -1.62. The van der Waals surface area contributed by atoms with E-state index in [0.717, 1.165) is 28.7 Å². The lowest BCUT2D eigenvalue weighted by atomic mass is 10.1. The third-order valence-electron chi connectivity index (χ3n) is 4.70. The zero-order valence-corrected chi connectivity index (χ0v) is 12.2. The van der Waals surface area contributed by atoms with Gasteiger partial charge in [-0.05, 0) is 43.7 Å². The number of hydrogen-bond donors (Lipinski definition) is 1. The van der Waals surface area contributed by atoms with Crippen LogP contribution in [0.3, 0.4) is 0 Å². The van der Waals surface area contributed by atoms with Gasteiger partial charge in [0.1, 0.15) is 9.71 Å². The molecule has 1 aliphatic heterocycles. The van der Waals surface area contributed by atoms with Crippen LogP contribution in [0.1, 0.15) is 34.5 Å². The number of carbonyl (C=O) groups is 1. The number of likely N-dealkylation sites (tertiary alicyclic amines) is 1. The molecule has 1 saturated carbocycles. The predicted molar refractivity (Wildman–Crippen MR) is 80.9 cm³/mol. The Morgan fingerprint density at radius 1 is 1.50 bits per heavy atom. The second kappa shape index (κ2) is 4.19. The number of nitrogen functional groups attached to an aromatic ring is 1. The number of anilines is 1. The number of aromatic nitrogens is 1. The summed E-state index contributed by atoms with van der Waals surface area (Å²) < 4.78 is 0. The molecule has 0 radical (unpaired) electrons. The number of piperidine rings is 1. The average Bonchev–Trinajstić information content (AvgIpc) is 3.12. The number of aryl methyl sites for hydroxylation is 1. The first kappa shape index (κ1) is 12.1. The zero-order chi connectivity index (χ0) is 13.9. The molecule has 4 rings (SSSR count). The topological polar surface area (TPSA) is 59.2 Å². The molecule has 0 aromatic carbocycles. The molecule has 4 nitrogen and oxygen atoms in total. The van der Waals surface area contributed by atoms with Gasteiger partial charge < -0.3 is 10.6 Å². The number of thiophene rings is 1. The van der Waals surface area contributed by atoms with E-state index in [4.69, 9.17) is 5.73 Å². The predicted octanol–water partition coefficient (Wildman–Crippen LogP) is 2.81. The molecular formula is C15H17N3OS. The van der Waals surface area contributed by atoms with Crippen LogP contribution in [-0.4, -0.2) is 28.4 Å². The first-order chi connectivity index (χ1) is 9.65. The monoisotopic (exact) mass is 287 g/mol. The maximum atomic E-state index is 12.8. The first-order valence-corrected chi connectivity index (χ1v) is 7.91. The smallest absolute Gasteiger partial charge is 0.266 e. The summed E-state index contributed by atoms with van der Waals surface area (Å²) >= 11 is 1.43. The highest BCUT2D eigenvalue weighted by Crippen LogP contribution is 2.41. The molecule has 1 amide bonds. The van der Waals surface area contributed by atoms with Crippen LogP contribution >= 0.6 is 11.3 Å². The van der Waals surface area contributed by atoms with Gasteiger partial charge in [0, 0.05) is 24.2 Å². The summed E-state index contributed by atoms with van der Waals surface area (Å²) in [6.45, 7) is 2.92. The van der Waals surface area contributed by atoms with Crippen LogP contribution in [-0.2, 0) is 0 Å². The number of carbonyl (C=O) groups excluding carboxylic acids is 1. The Kier molecular flexibility index (Phi) is 2.54. The summed E-state index contributed by atoms with van der Waals surface area (Å²) in [4.78, 5) is 20.7. The second-order valence-corrected chi connectivity index (χ2v) is 6.94. The molecule has 1 aliphatic carbocycles. The summed E-state index contributed by atoms with van der Waals surface area (Å²) in [6, 6.07) is 2.38. The Balaban J connectivity index is 1.77. The van der Waals surface area contributed by atoms with Gasteiger partial charge in [-0.1, -0.05) is 0 Å². The number of nitrogens with zero attached hydrogens (tertiary/aromatic N) is 2. The molecule has 3 heterocycles. The number of pyridine rings is 1. The molecule has 2 aromatic heterocycles. The Morgan fingerprint density at radius 2 is 2.35 bits per heavy atom. The standard InChI is InChI=1S/C15H17N3OS/c1-8-4-5-17-14-11(8)12(16)13(20-14)15(19)18-7-9-2-3-10(18)6-9/h4-5,9-10H,2-3,6-7,16H2,1H3. The minimum absolute atomic E-state index is 0.108. The van der Waals surface area contributed by atoms with Crippen LogP contribution < -0.4 is 5.73 Å². The second-order valence-electron chi connectivity index (χ2n) is 5.94. The fraction of sp³-hybridized carbons (Fsp3) is 0.467. The molecule has 2 N–H and O–H groups in total. The van der Waals surface area contributed by atoms with Gasteiger partial charge in [-0.25, -0.2) is 4.98 Å². The molecule has 2 bridgehead atoms. The summed E-state index contributed by atoms with van der Waals surface area (Å²) in [6.07, 6.45) is 5.38. The molecule has 5 heteroatoms. The number of nitrogens with two attached hydrogens (primary N) is 1. The van der Waals surface area contributed by atoms with Gasteiger partial charge >= 0.3 is 0 Å². The minimum atomic E-state index is 0.108. The fourth-order valence-electron chi connectivity index (χ4n) is 3.67. The van der Waals surface area contributed by atoms with E-state index < -0.39 is 0 Å². The highest BCUT2D eigenvalue weighted by atomic mass is 32.1. The van der Waals surface area contributed by atoms with Crippen molar-refractivity contribution in [3.8, 4) is 0 Å². The van der Waals surface area contributed by atoms with Crippen molar-refractivity contribution in [3.05, 3.63) is 22.7 Å². The van der Waals surface area contributed by atoms with Crippen LogP contribution in [0.5, 0.6) is 0 Å². The zero-order valence-electron chi connectivity index (χ0n) is 11.4. The number of fused-ring (bicyclic) bond motifs is 3. The molecule has 2 fully saturated rings. The normalized spacial score (nSPS) is 24.8. The minimum Gasteiger partial charge on any atom is -0.397 e. The van der Waals surface area contributed by atoms with Crippen LogP contribution in [0, 0.1) is 12.8 Å². The van der Waals surface area contributed by atoms with Gasteiger partial charge in [-0.15, -0.1) is 11.3 Å². The van der Waals surface area contributed by atoms with Gasteiger partial charge in [0.15, 0.2) is 0 Å². The van der Waals surface area contributed by atoms with E-state index in [1.165, 1.54) is 24.2 Å². The van der Waals surface area contributed by atoms with E-state index in [1.807, 2.05) is 17.9 Å². The Morgan fingerprint density at radius 3 is 3.00 bits per heavy atom. The lowest BCUT2D eigenvalue weighted by Gasteiger charge is -2.26. The van der Waals surface area contributed by atoms with Crippen molar-refractivity contribution in [2.45, 2.75) is 32.2 Å². The molecule has 1 saturated heterocycles. The lowest BCUT2D eigenvalue weighted by molar-refractivity contribution is 0.0709. The maximum absolute atomic E-state index is 12.8. The van der Waals surface area contributed by atoms with Crippen molar-refractivity contribution in [2.24, 2.45) is 5.92 Å². The summed E-state index contributed by atoms with van der Waals surface area (Å²) in [5.74, 6) is 0.816. The molecule has 20 heavy (non-hydrogen) atoms. The Bertz CT molecular complexity index is 708. The Labute approximate surface area is 121 Å². The van der Waals surface area contributed by atoms with Crippen LogP contribution in [0.2, 0.25) is 0 Å². The quantitative estimate of drug-likeness (QED) is 0.877. The van der Waals surface area contributed by atoms with Crippen molar-refractivity contribution in [2.75, 3.05) is 12.3 Å². The summed E-state index contributed by atoms with van der Waals surface area (Å²) in [5.41, 5.74) is 7.93. The number of amides is 1. The van der Waals surface area contributed by atoms with Crippen LogP contribution in [0.15, 0.2) is 12.3 Å². The van der Waals surface area contributed by atoms with Gasteiger partial charge in [-0.2, -0.15) is 0 Å². The van der Waals surface area contributed by atoms with Crippen molar-refractivity contribution in [1.82, 2.24) is 9.88 Å². The van der Waals surface area contributed by atoms with Gasteiger partial charge in [0.2, 0.25) is 0 Å². The van der Waals surface area contributed by atoms with Gasteiger partial charge in [0.25, 0.3) is 5.91 Å². The maximum Gasteiger partial charge on any atom is 0.266 e. The van der Waals surface area contributed by atoms with E-state index in [0.29, 0.717) is 22.5 Å². The first-order valence-electron chi connectivity index (χ1n) is 7.09. The van der Waals surface area contributed by atoms with E-state index >= 15 is 0 Å². The molecule has 2 unspecified atom stereocenters. The highest BCUT2D eigenvalue weighted by molar-refractivity contribution is 7.21. The lowest BCUT2D eigenvalue weighted by Crippen LogP contribution is -2.37. The number of rotatable bonds is 1. The van der Waals surface area contributed by atoms with E-state index in [-0.39, 0.29) is 5.91 Å². The molecule has 2 aromatic rings. The highest BCUT2D eigenvalue weighted by Gasteiger charge is 2.41. The molecule has 2 aliphatic rings. The SMILES string of the molecule is Cc1ccnc2sc(C(=O)N3CC4CCC3C4)c(N)c12. The molecule has 104 valence electrons. The fourth-order valence-corrected chi connectivity index (χ4v) is 4.76. The van der Waals surface area contributed by atoms with Crippen molar-refractivity contribution in [3.63, 3.8) is 0 Å². The van der Waals surface area contributed by atoms with Crippen molar-refractivity contribution < 1.29 is 4.79 Å². The van der Waals surface area contributed by atoms with Crippen LogP contribution in [0.4, 0.5) is 5.69 Å². The number of hydrogen-bond acceptors (Lipinski definition) is 4. The third kappa shape index (κ3) is 1.59. The van der Waals surface area contributed by atoms with Crippen molar-refractivity contribution >= 4 is 33.1 Å². The largest absolute Gasteiger partial charge is 0.397 e. The molecule has 2 atom stereocenters. The van der Waals surface area contributed by atoms with E-state index in [9.17, 15) is 4.79 Å². The average molecular weight is 287 g/mol. The third-order valence-corrected chi connectivity index (χ3v) is 5.80. The molecular weight excluding hydrogens is 270 g/mol. The van der Waals surface area contributed by atoms with Crippen molar-refractivity contribution in [1.29, 1.82) is 0 Å². The van der Waals surface area contributed by atoms with E-state index in [1.54, 1.807) is 6.20 Å². The van der Waals surface area contributed by atoms with E-state index in [2.05, 4.69) is 4.98 Å². The van der Waals surface area contributed by atoms with Gasteiger partial charge in [0.05, 0.1) is 5.69 Å². The molecule has 0 spiro atoms. The van der Waals surface area contributed by atoms with Gasteiger partial charge in [-0.3, -0.25) is 4.79 Å².